The first kappa shape index (κ1) is 14.7. The maximum Gasteiger partial charge on any atom is 0.263 e. The summed E-state index contributed by atoms with van der Waals surface area (Å²) >= 11 is 5.69. The van der Waals surface area contributed by atoms with Gasteiger partial charge in [0.05, 0.1) is 9.92 Å². The van der Waals surface area contributed by atoms with Crippen molar-refractivity contribution in [3.63, 3.8) is 0 Å². The molecule has 20 heavy (non-hydrogen) atoms. The second kappa shape index (κ2) is 5.38. The summed E-state index contributed by atoms with van der Waals surface area (Å²) in [6.07, 6.45) is 1.34. The van der Waals surface area contributed by atoms with Crippen LogP contribution in [0.4, 0.5) is 10.2 Å². The summed E-state index contributed by atoms with van der Waals surface area (Å²) in [6, 6.07) is 5.33. The highest BCUT2D eigenvalue weighted by atomic mass is 35.5. The Morgan fingerprint density at radius 1 is 1.20 bits per heavy atom. The van der Waals surface area contributed by atoms with Crippen molar-refractivity contribution in [1.82, 2.24) is 4.98 Å². The number of hydrogen-bond donors (Lipinski definition) is 1. The summed E-state index contributed by atoms with van der Waals surface area (Å²) in [5, 5.41) is 0.405. The fourth-order valence-corrected chi connectivity index (χ4v) is 3.52. The summed E-state index contributed by atoms with van der Waals surface area (Å²) in [7, 11) is -3.83. The van der Waals surface area contributed by atoms with Crippen LogP contribution in [0.5, 0.6) is 0 Å². The van der Waals surface area contributed by atoms with Crippen molar-refractivity contribution in [3.8, 4) is 0 Å². The number of benzene rings is 1. The number of pyridine rings is 1. The molecule has 0 saturated heterocycles. The Morgan fingerprint density at radius 3 is 2.30 bits per heavy atom. The van der Waals surface area contributed by atoms with Gasteiger partial charge in [0.15, 0.2) is 0 Å². The first-order chi connectivity index (χ1) is 9.29. The monoisotopic (exact) mass is 314 g/mol. The smallest absolute Gasteiger partial charge is 0.263 e. The van der Waals surface area contributed by atoms with E-state index < -0.39 is 15.8 Å². The van der Waals surface area contributed by atoms with Crippen molar-refractivity contribution in [2.45, 2.75) is 18.7 Å². The van der Waals surface area contributed by atoms with Gasteiger partial charge in [0, 0.05) is 6.20 Å². The van der Waals surface area contributed by atoms with Crippen molar-refractivity contribution in [3.05, 3.63) is 52.4 Å². The Kier molecular flexibility index (Phi) is 3.96. The largest absolute Gasteiger partial charge is 0.263 e. The molecule has 0 fully saturated rings. The molecule has 7 heteroatoms. The number of sulfonamides is 1. The quantitative estimate of drug-likeness (QED) is 0.945. The molecule has 0 bridgehead atoms. The minimum Gasteiger partial charge on any atom is -0.263 e. The van der Waals surface area contributed by atoms with Crippen LogP contribution in [0.25, 0.3) is 0 Å². The highest BCUT2D eigenvalue weighted by Gasteiger charge is 2.20. The number of nitrogens with one attached hydrogen (secondary N) is 1. The van der Waals surface area contributed by atoms with Crippen LogP contribution in [0.1, 0.15) is 11.1 Å². The molecule has 0 aliphatic carbocycles. The van der Waals surface area contributed by atoms with Gasteiger partial charge in [0.25, 0.3) is 10.0 Å². The van der Waals surface area contributed by atoms with Crippen LogP contribution in [0.3, 0.4) is 0 Å². The van der Waals surface area contributed by atoms with Crippen LogP contribution in [0.2, 0.25) is 5.02 Å². The predicted molar refractivity (Wildman–Crippen MR) is 75.9 cm³/mol. The van der Waals surface area contributed by atoms with Gasteiger partial charge in [-0.2, -0.15) is 0 Å². The summed E-state index contributed by atoms with van der Waals surface area (Å²) in [5.74, 6) is -0.318. The summed E-state index contributed by atoms with van der Waals surface area (Å²) < 4.78 is 40.2. The van der Waals surface area contributed by atoms with E-state index in [-0.39, 0.29) is 10.7 Å². The lowest BCUT2D eigenvalue weighted by Gasteiger charge is -2.12. The zero-order valence-corrected chi connectivity index (χ0v) is 12.4. The van der Waals surface area contributed by atoms with Crippen LogP contribution in [-0.4, -0.2) is 13.4 Å². The van der Waals surface area contributed by atoms with Crippen molar-refractivity contribution in [2.75, 3.05) is 4.72 Å². The summed E-state index contributed by atoms with van der Waals surface area (Å²) in [4.78, 5) is 3.92. The van der Waals surface area contributed by atoms with Crippen LogP contribution >= 0.6 is 11.6 Å². The van der Waals surface area contributed by atoms with E-state index in [1.54, 1.807) is 13.8 Å². The third-order valence-electron chi connectivity index (χ3n) is 2.66. The molecule has 0 amide bonds. The predicted octanol–water partition coefficient (Wildman–Crippen LogP) is 3.29. The lowest BCUT2D eigenvalue weighted by Crippen LogP contribution is -2.16. The van der Waals surface area contributed by atoms with Gasteiger partial charge in [-0.3, -0.25) is 4.72 Å². The fraction of sp³-hybridized carbons (Fsp3) is 0.154. The summed E-state index contributed by atoms with van der Waals surface area (Å²) in [5.41, 5.74) is 0.674. The van der Waals surface area contributed by atoms with E-state index in [1.165, 1.54) is 30.5 Å². The van der Waals surface area contributed by atoms with Crippen LogP contribution < -0.4 is 4.72 Å². The van der Waals surface area contributed by atoms with Crippen LogP contribution in [-0.2, 0) is 10.0 Å². The highest BCUT2D eigenvalue weighted by molar-refractivity contribution is 7.92. The molecule has 106 valence electrons. The van der Waals surface area contributed by atoms with Crippen molar-refractivity contribution >= 4 is 27.4 Å². The van der Waals surface area contributed by atoms with Gasteiger partial charge in [-0.1, -0.05) is 11.6 Å². The molecule has 1 heterocycles. The molecule has 1 N–H and O–H groups in total. The Balaban J connectivity index is 2.43. The highest BCUT2D eigenvalue weighted by Crippen LogP contribution is 2.23. The van der Waals surface area contributed by atoms with E-state index in [1.807, 2.05) is 0 Å². The SMILES string of the molecule is Cc1cc(F)cc(C)c1S(=O)(=O)Nc1ccc(Cl)cn1. The number of halogens is 2. The molecule has 0 spiro atoms. The Hall–Kier alpha value is -1.66. The molecule has 0 aliphatic rings. The van der Waals surface area contributed by atoms with E-state index >= 15 is 0 Å². The van der Waals surface area contributed by atoms with E-state index in [0.717, 1.165) is 0 Å². The van der Waals surface area contributed by atoms with Gasteiger partial charge in [0.1, 0.15) is 11.6 Å². The first-order valence-electron chi connectivity index (χ1n) is 5.71. The minimum absolute atomic E-state index is 0.0515. The second-order valence-electron chi connectivity index (χ2n) is 4.34. The van der Waals surface area contributed by atoms with E-state index in [0.29, 0.717) is 16.1 Å². The molecule has 0 saturated carbocycles. The third kappa shape index (κ3) is 3.08. The Bertz CT molecular complexity index is 722. The zero-order valence-electron chi connectivity index (χ0n) is 10.8. The minimum atomic E-state index is -3.83. The molecule has 2 rings (SSSR count). The molecule has 0 radical (unpaired) electrons. The van der Waals surface area contributed by atoms with E-state index in [4.69, 9.17) is 11.6 Å². The molecular weight excluding hydrogens is 303 g/mol. The number of rotatable bonds is 3. The van der Waals surface area contributed by atoms with E-state index in [2.05, 4.69) is 9.71 Å². The molecule has 0 atom stereocenters. The van der Waals surface area contributed by atoms with Crippen molar-refractivity contribution in [2.24, 2.45) is 0 Å². The number of aromatic nitrogens is 1. The molecule has 2 aromatic rings. The van der Waals surface area contributed by atoms with Gasteiger partial charge in [-0.25, -0.2) is 17.8 Å². The van der Waals surface area contributed by atoms with Gasteiger partial charge < -0.3 is 0 Å². The Labute approximate surface area is 121 Å². The number of anilines is 1. The maximum absolute atomic E-state index is 13.2. The maximum atomic E-state index is 13.2. The summed E-state index contributed by atoms with van der Waals surface area (Å²) in [6.45, 7) is 3.08. The Morgan fingerprint density at radius 2 is 1.80 bits per heavy atom. The average molecular weight is 315 g/mol. The molecule has 0 aliphatic heterocycles. The van der Waals surface area contributed by atoms with Gasteiger partial charge in [-0.15, -0.1) is 0 Å². The number of nitrogens with zero attached hydrogens (tertiary/aromatic N) is 1. The van der Waals surface area contributed by atoms with Crippen LogP contribution in [0.15, 0.2) is 35.4 Å². The molecular formula is C13H12ClFN2O2S. The second-order valence-corrected chi connectivity index (χ2v) is 6.39. The lowest BCUT2D eigenvalue weighted by atomic mass is 10.1. The van der Waals surface area contributed by atoms with E-state index in [9.17, 15) is 12.8 Å². The lowest BCUT2D eigenvalue weighted by molar-refractivity contribution is 0.597. The number of hydrogen-bond acceptors (Lipinski definition) is 3. The fourth-order valence-electron chi connectivity index (χ4n) is 1.95. The average Bonchev–Trinajstić information content (AvgIpc) is 2.30. The molecule has 1 aromatic carbocycles. The molecule has 0 unspecified atom stereocenters. The number of aryl methyl sites for hydroxylation is 2. The standard InChI is InChI=1S/C13H12ClFN2O2S/c1-8-5-11(15)6-9(2)13(8)20(18,19)17-12-4-3-10(14)7-16-12/h3-7H,1-2H3,(H,16,17). The normalized spacial score (nSPS) is 11.4. The van der Waals surface area contributed by atoms with Crippen molar-refractivity contribution < 1.29 is 12.8 Å². The van der Waals surface area contributed by atoms with Gasteiger partial charge in [-0.05, 0) is 49.2 Å². The van der Waals surface area contributed by atoms with Gasteiger partial charge in [0.2, 0.25) is 0 Å². The third-order valence-corrected chi connectivity index (χ3v) is 4.54. The topological polar surface area (TPSA) is 59.1 Å². The van der Waals surface area contributed by atoms with Gasteiger partial charge >= 0.3 is 0 Å². The van der Waals surface area contributed by atoms with Crippen molar-refractivity contribution in [1.29, 1.82) is 0 Å². The molecule has 1 aromatic heterocycles. The molecule has 4 nitrogen and oxygen atoms in total. The van der Waals surface area contributed by atoms with Crippen LogP contribution in [0, 0.1) is 19.7 Å². The zero-order chi connectivity index (χ0) is 14.9. The first-order valence-corrected chi connectivity index (χ1v) is 7.57.